The van der Waals surface area contributed by atoms with Crippen LogP contribution in [0.25, 0.3) is 0 Å². The van der Waals surface area contributed by atoms with Gasteiger partial charge >= 0.3 is 0 Å². The third-order valence-corrected chi connectivity index (χ3v) is 2.41. The molecule has 1 heteroatoms. The molecule has 1 aliphatic rings. The molecule has 52 valence electrons. The molecule has 1 atom stereocenters. The van der Waals surface area contributed by atoms with E-state index in [1.807, 2.05) is 0 Å². The van der Waals surface area contributed by atoms with Gasteiger partial charge in [-0.3, -0.25) is 0 Å². The Balaban J connectivity index is 2.60. The summed E-state index contributed by atoms with van der Waals surface area (Å²) in [5.41, 5.74) is 0.423. The largest absolute Gasteiger partial charge is 0.0887 e. The lowest BCUT2D eigenvalue weighted by Crippen LogP contribution is -2.17. The molecule has 0 N–H and O–H groups in total. The molecule has 0 aromatic rings. The van der Waals surface area contributed by atoms with Crippen molar-refractivity contribution in [1.82, 2.24) is 0 Å². The second-order valence-corrected chi connectivity index (χ2v) is 4.72. The number of allylic oxidation sites excluding steroid dienone is 2. The molecule has 0 heterocycles. The standard InChI is InChI=1S/C8H13Br/c1-8(2)5-3-4-7(9)6-8/h3,5,7H,4,6H2,1-2H3. The van der Waals surface area contributed by atoms with Crippen LogP contribution in [0.2, 0.25) is 0 Å². The van der Waals surface area contributed by atoms with E-state index in [0.717, 1.165) is 0 Å². The van der Waals surface area contributed by atoms with Crippen molar-refractivity contribution in [3.63, 3.8) is 0 Å². The molecule has 0 saturated carbocycles. The lowest BCUT2D eigenvalue weighted by atomic mass is 9.83. The van der Waals surface area contributed by atoms with E-state index in [2.05, 4.69) is 41.9 Å². The molecule has 0 nitrogen and oxygen atoms in total. The highest BCUT2D eigenvalue weighted by Crippen LogP contribution is 2.32. The average molecular weight is 189 g/mol. The van der Waals surface area contributed by atoms with Gasteiger partial charge in [0.1, 0.15) is 0 Å². The van der Waals surface area contributed by atoms with Crippen LogP contribution in [0.5, 0.6) is 0 Å². The lowest BCUT2D eigenvalue weighted by molar-refractivity contribution is 0.416. The second kappa shape index (κ2) is 2.45. The second-order valence-electron chi connectivity index (χ2n) is 3.43. The Labute approximate surface area is 65.5 Å². The van der Waals surface area contributed by atoms with Crippen LogP contribution >= 0.6 is 15.9 Å². The third kappa shape index (κ3) is 2.13. The zero-order valence-corrected chi connectivity index (χ0v) is 7.61. The monoisotopic (exact) mass is 188 g/mol. The highest BCUT2D eigenvalue weighted by molar-refractivity contribution is 9.09. The van der Waals surface area contributed by atoms with Crippen LogP contribution < -0.4 is 0 Å². The van der Waals surface area contributed by atoms with Crippen molar-refractivity contribution in [1.29, 1.82) is 0 Å². The zero-order valence-electron chi connectivity index (χ0n) is 6.02. The molecular weight excluding hydrogens is 176 g/mol. The van der Waals surface area contributed by atoms with Gasteiger partial charge in [0.25, 0.3) is 0 Å². The van der Waals surface area contributed by atoms with Gasteiger partial charge in [-0.05, 0) is 18.3 Å². The summed E-state index contributed by atoms with van der Waals surface area (Å²) in [6.07, 6.45) is 7.04. The van der Waals surface area contributed by atoms with Crippen molar-refractivity contribution < 1.29 is 0 Å². The predicted octanol–water partition coefficient (Wildman–Crippen LogP) is 3.13. The SMILES string of the molecule is CC1(C)C=CCC(Br)C1. The molecule has 0 aromatic heterocycles. The van der Waals surface area contributed by atoms with Gasteiger partial charge in [0, 0.05) is 4.83 Å². The smallest absolute Gasteiger partial charge is 0.0188 e. The van der Waals surface area contributed by atoms with E-state index >= 15 is 0 Å². The molecule has 0 bridgehead atoms. The number of hydrogen-bond donors (Lipinski definition) is 0. The fourth-order valence-electron chi connectivity index (χ4n) is 1.26. The van der Waals surface area contributed by atoms with E-state index in [-0.39, 0.29) is 0 Å². The first-order valence-corrected chi connectivity index (χ1v) is 4.33. The molecule has 0 saturated heterocycles. The molecule has 0 amide bonds. The summed E-state index contributed by atoms with van der Waals surface area (Å²) in [7, 11) is 0. The molecule has 0 aliphatic heterocycles. The molecule has 9 heavy (non-hydrogen) atoms. The maximum atomic E-state index is 3.61. The molecule has 0 radical (unpaired) electrons. The van der Waals surface area contributed by atoms with E-state index < -0.39 is 0 Å². The summed E-state index contributed by atoms with van der Waals surface area (Å²) in [6, 6.07) is 0. The average Bonchev–Trinajstić information content (AvgIpc) is 1.60. The van der Waals surface area contributed by atoms with Crippen molar-refractivity contribution in [3.05, 3.63) is 12.2 Å². The minimum absolute atomic E-state index is 0.423. The van der Waals surface area contributed by atoms with Crippen LogP contribution in [0, 0.1) is 5.41 Å². The van der Waals surface area contributed by atoms with Crippen LogP contribution in [-0.2, 0) is 0 Å². The Hall–Kier alpha value is 0.220. The first-order valence-electron chi connectivity index (χ1n) is 3.42. The summed E-state index contributed by atoms with van der Waals surface area (Å²) in [4.78, 5) is 0.706. The highest BCUT2D eigenvalue weighted by atomic mass is 79.9. The minimum Gasteiger partial charge on any atom is -0.0887 e. The fraction of sp³-hybridized carbons (Fsp3) is 0.750. The van der Waals surface area contributed by atoms with Gasteiger partial charge in [0.15, 0.2) is 0 Å². The Kier molecular flexibility index (Phi) is 2.00. The lowest BCUT2D eigenvalue weighted by Gasteiger charge is -2.26. The predicted molar refractivity (Wildman–Crippen MR) is 44.9 cm³/mol. The third-order valence-electron chi connectivity index (χ3n) is 1.71. The Morgan fingerprint density at radius 3 is 2.56 bits per heavy atom. The fourth-order valence-corrected chi connectivity index (χ4v) is 2.31. The van der Waals surface area contributed by atoms with Crippen LogP contribution in [-0.4, -0.2) is 4.83 Å². The van der Waals surface area contributed by atoms with Crippen LogP contribution in [0.1, 0.15) is 26.7 Å². The van der Waals surface area contributed by atoms with E-state index in [1.54, 1.807) is 0 Å². The highest BCUT2D eigenvalue weighted by Gasteiger charge is 2.21. The number of rotatable bonds is 0. The van der Waals surface area contributed by atoms with Gasteiger partial charge in [0.05, 0.1) is 0 Å². The first-order chi connectivity index (χ1) is 4.10. The van der Waals surface area contributed by atoms with Crippen molar-refractivity contribution >= 4 is 15.9 Å². The van der Waals surface area contributed by atoms with Crippen molar-refractivity contribution in [3.8, 4) is 0 Å². The van der Waals surface area contributed by atoms with E-state index in [4.69, 9.17) is 0 Å². The first kappa shape index (κ1) is 7.33. The molecule has 0 spiro atoms. The van der Waals surface area contributed by atoms with Gasteiger partial charge in [-0.1, -0.05) is 41.9 Å². The molecule has 1 aliphatic carbocycles. The van der Waals surface area contributed by atoms with Gasteiger partial charge in [-0.15, -0.1) is 0 Å². The number of halogens is 1. The van der Waals surface area contributed by atoms with Crippen LogP contribution in [0.15, 0.2) is 12.2 Å². The topological polar surface area (TPSA) is 0 Å². The van der Waals surface area contributed by atoms with Crippen molar-refractivity contribution in [2.24, 2.45) is 5.41 Å². The maximum Gasteiger partial charge on any atom is 0.0188 e. The van der Waals surface area contributed by atoms with Gasteiger partial charge in [0.2, 0.25) is 0 Å². The zero-order chi connectivity index (χ0) is 6.91. The van der Waals surface area contributed by atoms with E-state index in [0.29, 0.717) is 10.2 Å². The Morgan fingerprint density at radius 2 is 2.22 bits per heavy atom. The van der Waals surface area contributed by atoms with E-state index in [1.165, 1.54) is 12.8 Å². The minimum atomic E-state index is 0.423. The summed E-state index contributed by atoms with van der Waals surface area (Å²) in [6.45, 7) is 4.55. The normalized spacial score (nSPS) is 32.6. The van der Waals surface area contributed by atoms with Crippen molar-refractivity contribution in [2.75, 3.05) is 0 Å². The number of hydrogen-bond acceptors (Lipinski definition) is 0. The van der Waals surface area contributed by atoms with Gasteiger partial charge in [-0.2, -0.15) is 0 Å². The summed E-state index contributed by atoms with van der Waals surface area (Å²) in [5, 5.41) is 0. The Morgan fingerprint density at radius 1 is 1.56 bits per heavy atom. The van der Waals surface area contributed by atoms with Crippen LogP contribution in [0.3, 0.4) is 0 Å². The van der Waals surface area contributed by atoms with Crippen molar-refractivity contribution in [2.45, 2.75) is 31.5 Å². The van der Waals surface area contributed by atoms with Crippen LogP contribution in [0.4, 0.5) is 0 Å². The molecule has 0 aromatic carbocycles. The molecule has 1 unspecified atom stereocenters. The molecular formula is C8H13Br. The summed E-state index contributed by atoms with van der Waals surface area (Å²) >= 11 is 3.61. The van der Waals surface area contributed by atoms with Gasteiger partial charge < -0.3 is 0 Å². The Bertz CT molecular complexity index is 125. The molecule has 1 rings (SSSR count). The quantitative estimate of drug-likeness (QED) is 0.405. The number of alkyl halides is 1. The maximum absolute atomic E-state index is 3.61. The van der Waals surface area contributed by atoms with Gasteiger partial charge in [-0.25, -0.2) is 0 Å². The summed E-state index contributed by atoms with van der Waals surface area (Å²) < 4.78 is 0. The van der Waals surface area contributed by atoms with E-state index in [9.17, 15) is 0 Å². The summed E-state index contributed by atoms with van der Waals surface area (Å²) in [5.74, 6) is 0. The molecule has 0 fully saturated rings.